The minimum absolute atomic E-state index is 0.0226. The largest absolute Gasteiger partial charge is 0.462 e. The van der Waals surface area contributed by atoms with E-state index in [0.29, 0.717) is 23.7 Å². The summed E-state index contributed by atoms with van der Waals surface area (Å²) in [6.07, 6.45) is 3.42. The molecule has 3 aliphatic carbocycles. The fraction of sp³-hybridized carbons (Fsp3) is 0.722. The van der Waals surface area contributed by atoms with Gasteiger partial charge in [-0.05, 0) is 32.1 Å². The zero-order chi connectivity index (χ0) is 15.5. The van der Waals surface area contributed by atoms with Gasteiger partial charge in [0.15, 0.2) is 0 Å². The van der Waals surface area contributed by atoms with Crippen molar-refractivity contribution in [3.8, 4) is 0 Å². The van der Waals surface area contributed by atoms with Gasteiger partial charge in [0.1, 0.15) is 6.10 Å². The van der Waals surface area contributed by atoms with Crippen molar-refractivity contribution in [3.05, 3.63) is 23.8 Å². The summed E-state index contributed by atoms with van der Waals surface area (Å²) in [6.45, 7) is 12.3. The van der Waals surface area contributed by atoms with E-state index in [2.05, 4.69) is 33.4 Å². The van der Waals surface area contributed by atoms with E-state index in [1.165, 1.54) is 18.1 Å². The predicted molar refractivity (Wildman–Crippen MR) is 81.6 cm³/mol. The Hall–Kier alpha value is -1.09. The summed E-state index contributed by atoms with van der Waals surface area (Å²) < 4.78 is 11.4. The first-order chi connectivity index (χ1) is 9.85. The Morgan fingerprint density at radius 3 is 2.57 bits per heavy atom. The molecule has 0 aromatic heterocycles. The van der Waals surface area contributed by atoms with E-state index in [1.807, 2.05) is 0 Å². The summed E-state index contributed by atoms with van der Waals surface area (Å²) in [7, 11) is 1.80. The molecule has 0 unspecified atom stereocenters. The number of allylic oxidation sites excluding steroid dienone is 2. The van der Waals surface area contributed by atoms with E-state index in [4.69, 9.17) is 9.47 Å². The molecule has 0 N–H and O–H groups in total. The Morgan fingerprint density at radius 1 is 1.38 bits per heavy atom. The first kappa shape index (κ1) is 14.8. The number of ether oxygens (including phenoxy) is 2. The second-order valence-corrected chi connectivity index (χ2v) is 7.22. The molecule has 3 heteroatoms. The smallest absolute Gasteiger partial charge is 0.302 e. The second-order valence-electron chi connectivity index (χ2n) is 7.22. The molecule has 0 aromatic carbocycles. The quantitative estimate of drug-likeness (QED) is 0.590. The number of hydrogen-bond acceptors (Lipinski definition) is 3. The molecule has 116 valence electrons. The van der Waals surface area contributed by atoms with Gasteiger partial charge in [-0.2, -0.15) is 0 Å². The van der Waals surface area contributed by atoms with Crippen molar-refractivity contribution in [1.29, 1.82) is 0 Å². The fourth-order valence-electron chi connectivity index (χ4n) is 5.64. The van der Waals surface area contributed by atoms with Gasteiger partial charge in [0.2, 0.25) is 0 Å². The topological polar surface area (TPSA) is 35.5 Å². The van der Waals surface area contributed by atoms with E-state index < -0.39 is 0 Å². The molecule has 0 heterocycles. The van der Waals surface area contributed by atoms with Crippen molar-refractivity contribution in [2.24, 2.45) is 29.1 Å². The molecule has 0 amide bonds. The Morgan fingerprint density at radius 2 is 2.05 bits per heavy atom. The lowest BCUT2D eigenvalue weighted by atomic mass is 9.69. The summed E-state index contributed by atoms with van der Waals surface area (Å²) in [5, 5.41) is 0. The zero-order valence-corrected chi connectivity index (χ0v) is 13.7. The standard InChI is InChI=1S/C18H26O3/c1-9(2)15-17-14(21-12(5)19)7-10(3)16-13(20-6)8-11(4)18(15,16)17/h8,10,13-17H,1,7H2,2-6H3/t10-,13-,14+,15+,16-,17-,18-/m0/s1. The van der Waals surface area contributed by atoms with Crippen LogP contribution in [0.1, 0.15) is 34.1 Å². The van der Waals surface area contributed by atoms with Crippen LogP contribution in [0.2, 0.25) is 0 Å². The Bertz CT molecular complexity index is 521. The first-order valence-electron chi connectivity index (χ1n) is 7.90. The predicted octanol–water partition coefficient (Wildman–Crippen LogP) is 3.36. The minimum Gasteiger partial charge on any atom is -0.462 e. The highest BCUT2D eigenvalue weighted by atomic mass is 16.5. The van der Waals surface area contributed by atoms with Gasteiger partial charge in [-0.25, -0.2) is 0 Å². The van der Waals surface area contributed by atoms with Crippen LogP contribution in [0.3, 0.4) is 0 Å². The van der Waals surface area contributed by atoms with Crippen LogP contribution in [-0.2, 0) is 14.3 Å². The van der Waals surface area contributed by atoms with Gasteiger partial charge in [0.25, 0.3) is 0 Å². The summed E-state index contributed by atoms with van der Waals surface area (Å²) in [6, 6.07) is 0. The minimum atomic E-state index is -0.170. The normalized spacial score (nSPS) is 47.2. The molecule has 0 saturated heterocycles. The number of methoxy groups -OCH3 is 1. The molecule has 2 fully saturated rings. The summed E-state index contributed by atoms with van der Waals surface area (Å²) in [5.74, 6) is 1.61. The molecule has 3 rings (SSSR count). The third-order valence-electron chi connectivity index (χ3n) is 6.06. The maximum atomic E-state index is 11.5. The monoisotopic (exact) mass is 290 g/mol. The van der Waals surface area contributed by atoms with Crippen LogP contribution in [-0.4, -0.2) is 25.3 Å². The first-order valence-corrected chi connectivity index (χ1v) is 7.90. The number of esters is 1. The maximum absolute atomic E-state index is 11.5. The molecule has 2 saturated carbocycles. The van der Waals surface area contributed by atoms with Gasteiger partial charge in [0, 0.05) is 31.3 Å². The highest BCUT2D eigenvalue weighted by molar-refractivity contribution is 5.66. The highest BCUT2D eigenvalue weighted by Gasteiger charge is 2.77. The average Bonchev–Trinajstić information content (AvgIpc) is 2.99. The van der Waals surface area contributed by atoms with Crippen molar-refractivity contribution < 1.29 is 14.3 Å². The molecule has 21 heavy (non-hydrogen) atoms. The average molecular weight is 290 g/mol. The van der Waals surface area contributed by atoms with Gasteiger partial charge < -0.3 is 9.47 Å². The lowest BCUT2D eigenvalue weighted by molar-refractivity contribution is -0.151. The molecule has 1 spiro atoms. The molecule has 0 bridgehead atoms. The number of hydrogen-bond donors (Lipinski definition) is 0. The second kappa shape index (κ2) is 4.70. The molecule has 3 nitrogen and oxygen atoms in total. The molecule has 7 atom stereocenters. The van der Waals surface area contributed by atoms with Crippen LogP contribution in [0.5, 0.6) is 0 Å². The van der Waals surface area contributed by atoms with E-state index in [9.17, 15) is 4.79 Å². The summed E-state index contributed by atoms with van der Waals surface area (Å²) in [5.41, 5.74) is 2.73. The zero-order valence-electron chi connectivity index (χ0n) is 13.7. The third kappa shape index (κ3) is 1.79. The molecular weight excluding hydrogens is 264 g/mol. The van der Waals surface area contributed by atoms with Gasteiger partial charge in [0.05, 0.1) is 6.10 Å². The summed E-state index contributed by atoms with van der Waals surface area (Å²) >= 11 is 0. The summed E-state index contributed by atoms with van der Waals surface area (Å²) in [4.78, 5) is 11.5. The Labute approximate surface area is 127 Å². The number of carbonyl (C=O) groups is 1. The SMILES string of the molecule is C=C(C)[C@@H]1[C@@H]2[C@H](OC(C)=O)C[C@H](C)[C@H]3[C@@H](OC)C=C(C)[C@]321. The van der Waals surface area contributed by atoms with E-state index in [1.54, 1.807) is 7.11 Å². The maximum Gasteiger partial charge on any atom is 0.302 e. The Kier molecular flexibility index (Phi) is 3.32. The van der Waals surface area contributed by atoms with Crippen LogP contribution in [0, 0.1) is 29.1 Å². The van der Waals surface area contributed by atoms with E-state index in [0.717, 1.165) is 6.42 Å². The lowest BCUT2D eigenvalue weighted by Crippen LogP contribution is -2.40. The molecule has 3 aliphatic rings. The van der Waals surface area contributed by atoms with Crippen LogP contribution in [0.25, 0.3) is 0 Å². The van der Waals surface area contributed by atoms with E-state index in [-0.39, 0.29) is 23.6 Å². The number of rotatable bonds is 3. The number of carbonyl (C=O) groups excluding carboxylic acids is 1. The highest BCUT2D eigenvalue weighted by Crippen LogP contribution is 2.78. The van der Waals surface area contributed by atoms with Gasteiger partial charge in [-0.15, -0.1) is 0 Å². The van der Waals surface area contributed by atoms with Gasteiger partial charge in [-0.3, -0.25) is 4.79 Å². The van der Waals surface area contributed by atoms with Crippen LogP contribution >= 0.6 is 0 Å². The van der Waals surface area contributed by atoms with Crippen LogP contribution in [0.15, 0.2) is 23.8 Å². The van der Waals surface area contributed by atoms with E-state index >= 15 is 0 Å². The fourth-order valence-corrected chi connectivity index (χ4v) is 5.64. The van der Waals surface area contributed by atoms with Crippen molar-refractivity contribution in [2.75, 3.05) is 7.11 Å². The van der Waals surface area contributed by atoms with Crippen molar-refractivity contribution in [3.63, 3.8) is 0 Å². The van der Waals surface area contributed by atoms with Crippen molar-refractivity contribution >= 4 is 5.97 Å². The molecule has 0 aliphatic heterocycles. The third-order valence-corrected chi connectivity index (χ3v) is 6.06. The molecular formula is C18H26O3. The van der Waals surface area contributed by atoms with Crippen molar-refractivity contribution in [2.45, 2.75) is 46.3 Å². The van der Waals surface area contributed by atoms with Gasteiger partial charge in [-0.1, -0.05) is 30.7 Å². The Balaban J connectivity index is 2.01. The van der Waals surface area contributed by atoms with Crippen LogP contribution < -0.4 is 0 Å². The molecule has 0 aromatic rings. The van der Waals surface area contributed by atoms with Crippen LogP contribution in [0.4, 0.5) is 0 Å². The lowest BCUT2D eigenvalue weighted by Gasteiger charge is -2.39. The van der Waals surface area contributed by atoms with Crippen molar-refractivity contribution in [1.82, 2.24) is 0 Å². The van der Waals surface area contributed by atoms with Gasteiger partial charge >= 0.3 is 5.97 Å². The molecule has 0 radical (unpaired) electrons.